The van der Waals surface area contributed by atoms with Gasteiger partial charge in [-0.2, -0.15) is 5.10 Å². The molecule has 6 nitrogen and oxygen atoms in total. The van der Waals surface area contributed by atoms with Gasteiger partial charge in [0.25, 0.3) is 0 Å². The molecule has 2 aromatic rings. The third-order valence-electron chi connectivity index (χ3n) is 2.51. The number of carbonyl (C=O) groups excluding carboxylic acids is 1. The van der Waals surface area contributed by atoms with E-state index in [0.29, 0.717) is 5.75 Å². The minimum Gasteiger partial charge on any atom is -0.477 e. The first-order chi connectivity index (χ1) is 8.97. The lowest BCUT2D eigenvalue weighted by molar-refractivity contribution is 0.0683. The molecule has 0 spiro atoms. The summed E-state index contributed by atoms with van der Waals surface area (Å²) >= 11 is 0. The zero-order chi connectivity index (χ0) is 14.0. The number of hydrogen-bond donors (Lipinski definition) is 1. The highest BCUT2D eigenvalue weighted by atomic mass is 16.5. The second-order valence-electron chi connectivity index (χ2n) is 4.05. The van der Waals surface area contributed by atoms with Gasteiger partial charge >= 0.3 is 11.9 Å². The molecule has 0 aliphatic heterocycles. The van der Waals surface area contributed by atoms with E-state index in [2.05, 4.69) is 5.10 Å². The standard InChI is InChI=1S/C13H12N2O4/c1-8-4-3-5-9(6-8)19-13(18)10-7-11(12(16)17)15(2)14-10/h3-7H,1-2H3,(H,16,17). The number of rotatable bonds is 3. The van der Waals surface area contributed by atoms with Gasteiger partial charge in [-0.1, -0.05) is 12.1 Å². The third kappa shape index (κ3) is 2.79. The molecule has 0 aliphatic carbocycles. The largest absolute Gasteiger partial charge is 0.477 e. The van der Waals surface area contributed by atoms with Gasteiger partial charge in [-0.3, -0.25) is 4.68 Å². The predicted octanol–water partition coefficient (Wildman–Crippen LogP) is 1.65. The summed E-state index contributed by atoms with van der Waals surface area (Å²) in [6, 6.07) is 8.17. The molecule has 1 N–H and O–H groups in total. The van der Waals surface area contributed by atoms with E-state index in [1.54, 1.807) is 18.2 Å². The van der Waals surface area contributed by atoms with Crippen LogP contribution in [0, 0.1) is 6.92 Å². The number of hydrogen-bond acceptors (Lipinski definition) is 4. The van der Waals surface area contributed by atoms with Crippen LogP contribution < -0.4 is 4.74 Å². The number of carbonyl (C=O) groups is 2. The molecule has 1 aromatic heterocycles. The van der Waals surface area contributed by atoms with Gasteiger partial charge in [0.15, 0.2) is 5.69 Å². The van der Waals surface area contributed by atoms with E-state index >= 15 is 0 Å². The van der Waals surface area contributed by atoms with E-state index in [1.165, 1.54) is 13.1 Å². The van der Waals surface area contributed by atoms with Crippen LogP contribution in [0.5, 0.6) is 5.75 Å². The highest BCUT2D eigenvalue weighted by Crippen LogP contribution is 2.14. The molecule has 0 saturated heterocycles. The Kier molecular flexibility index (Phi) is 3.33. The van der Waals surface area contributed by atoms with Gasteiger partial charge in [0.05, 0.1) is 0 Å². The van der Waals surface area contributed by atoms with Crippen molar-refractivity contribution in [3.63, 3.8) is 0 Å². The maximum atomic E-state index is 11.8. The fraction of sp³-hybridized carbons (Fsp3) is 0.154. The molecule has 1 aromatic carbocycles. The number of esters is 1. The Morgan fingerprint density at radius 1 is 1.32 bits per heavy atom. The number of carboxylic acid groups (broad SMARTS) is 1. The molecular weight excluding hydrogens is 248 g/mol. The minimum atomic E-state index is -1.15. The first-order valence-corrected chi connectivity index (χ1v) is 5.53. The molecule has 6 heteroatoms. The van der Waals surface area contributed by atoms with E-state index in [1.807, 2.05) is 13.0 Å². The third-order valence-corrected chi connectivity index (χ3v) is 2.51. The van der Waals surface area contributed by atoms with Crippen LogP contribution >= 0.6 is 0 Å². The van der Waals surface area contributed by atoms with Crippen molar-refractivity contribution in [3.05, 3.63) is 47.3 Å². The van der Waals surface area contributed by atoms with E-state index in [9.17, 15) is 9.59 Å². The predicted molar refractivity (Wildman–Crippen MR) is 66.3 cm³/mol. The lowest BCUT2D eigenvalue weighted by Gasteiger charge is -2.02. The average molecular weight is 260 g/mol. The fourth-order valence-corrected chi connectivity index (χ4v) is 1.61. The number of carboxylic acids is 1. The van der Waals surface area contributed by atoms with Gasteiger partial charge in [0.1, 0.15) is 11.4 Å². The van der Waals surface area contributed by atoms with Gasteiger partial charge in [-0.25, -0.2) is 9.59 Å². The maximum absolute atomic E-state index is 11.8. The molecule has 19 heavy (non-hydrogen) atoms. The fourth-order valence-electron chi connectivity index (χ4n) is 1.61. The first-order valence-electron chi connectivity index (χ1n) is 5.53. The molecule has 0 fully saturated rings. The molecule has 0 bridgehead atoms. The summed E-state index contributed by atoms with van der Waals surface area (Å²) in [5.74, 6) is -1.44. The van der Waals surface area contributed by atoms with Gasteiger partial charge < -0.3 is 9.84 Å². The molecule has 0 saturated carbocycles. The van der Waals surface area contributed by atoms with E-state index < -0.39 is 11.9 Å². The van der Waals surface area contributed by atoms with E-state index in [0.717, 1.165) is 10.2 Å². The topological polar surface area (TPSA) is 81.4 Å². The van der Waals surface area contributed by atoms with Crippen molar-refractivity contribution in [2.24, 2.45) is 7.05 Å². The lowest BCUT2D eigenvalue weighted by Crippen LogP contribution is -2.10. The maximum Gasteiger partial charge on any atom is 0.364 e. The Labute approximate surface area is 109 Å². The SMILES string of the molecule is Cc1cccc(OC(=O)c2cc(C(=O)O)n(C)n2)c1. The Morgan fingerprint density at radius 3 is 2.63 bits per heavy atom. The van der Waals surface area contributed by atoms with Crippen molar-refractivity contribution < 1.29 is 19.4 Å². The van der Waals surface area contributed by atoms with Crippen LogP contribution in [0.15, 0.2) is 30.3 Å². The second kappa shape index (κ2) is 4.93. The van der Waals surface area contributed by atoms with Crippen LogP contribution in [-0.4, -0.2) is 26.8 Å². The Balaban J connectivity index is 2.21. The van der Waals surface area contributed by atoms with Crippen LogP contribution in [0.3, 0.4) is 0 Å². The number of aromatic carboxylic acids is 1. The summed E-state index contributed by atoms with van der Waals surface area (Å²) in [7, 11) is 1.45. The van der Waals surface area contributed by atoms with Crippen LogP contribution in [0.1, 0.15) is 26.5 Å². The van der Waals surface area contributed by atoms with Gasteiger partial charge in [0, 0.05) is 13.1 Å². The normalized spacial score (nSPS) is 10.2. The monoisotopic (exact) mass is 260 g/mol. The first kappa shape index (κ1) is 12.8. The number of aromatic nitrogens is 2. The number of nitrogens with zero attached hydrogens (tertiary/aromatic N) is 2. The van der Waals surface area contributed by atoms with E-state index in [4.69, 9.17) is 9.84 Å². The average Bonchev–Trinajstić information content (AvgIpc) is 2.71. The highest BCUT2D eigenvalue weighted by Gasteiger charge is 2.18. The molecule has 0 unspecified atom stereocenters. The zero-order valence-electron chi connectivity index (χ0n) is 10.5. The molecule has 0 aliphatic rings. The van der Waals surface area contributed by atoms with Crippen molar-refractivity contribution >= 4 is 11.9 Å². The molecule has 98 valence electrons. The highest BCUT2D eigenvalue weighted by molar-refractivity contribution is 5.93. The Bertz CT molecular complexity index is 646. The molecule has 2 rings (SSSR count). The quantitative estimate of drug-likeness (QED) is 0.670. The lowest BCUT2D eigenvalue weighted by atomic mass is 10.2. The van der Waals surface area contributed by atoms with E-state index in [-0.39, 0.29) is 11.4 Å². The summed E-state index contributed by atoms with van der Waals surface area (Å²) in [5, 5.41) is 12.7. The summed E-state index contributed by atoms with van der Waals surface area (Å²) in [5.41, 5.74) is 0.843. The summed E-state index contributed by atoms with van der Waals surface area (Å²) in [4.78, 5) is 22.7. The molecule has 0 atom stereocenters. The Hall–Kier alpha value is -2.63. The van der Waals surface area contributed by atoms with Gasteiger partial charge in [0.2, 0.25) is 0 Å². The van der Waals surface area contributed by atoms with Crippen LogP contribution in [0.2, 0.25) is 0 Å². The summed E-state index contributed by atoms with van der Waals surface area (Å²) in [6.07, 6.45) is 0. The number of aryl methyl sites for hydroxylation is 2. The van der Waals surface area contributed by atoms with Crippen LogP contribution in [0.4, 0.5) is 0 Å². The summed E-state index contributed by atoms with van der Waals surface area (Å²) < 4.78 is 6.24. The number of benzene rings is 1. The molecule has 1 heterocycles. The summed E-state index contributed by atoms with van der Waals surface area (Å²) in [6.45, 7) is 1.88. The van der Waals surface area contributed by atoms with Gasteiger partial charge in [-0.15, -0.1) is 0 Å². The van der Waals surface area contributed by atoms with Crippen molar-refractivity contribution in [3.8, 4) is 5.75 Å². The van der Waals surface area contributed by atoms with Crippen molar-refractivity contribution in [2.45, 2.75) is 6.92 Å². The Morgan fingerprint density at radius 2 is 2.05 bits per heavy atom. The van der Waals surface area contributed by atoms with Crippen molar-refractivity contribution in [1.29, 1.82) is 0 Å². The molecular formula is C13H12N2O4. The molecule has 0 amide bonds. The smallest absolute Gasteiger partial charge is 0.364 e. The van der Waals surface area contributed by atoms with Crippen LogP contribution in [0.25, 0.3) is 0 Å². The minimum absolute atomic E-state index is 0.0404. The van der Waals surface area contributed by atoms with Crippen LogP contribution in [-0.2, 0) is 7.05 Å². The van der Waals surface area contributed by atoms with Gasteiger partial charge in [-0.05, 0) is 24.6 Å². The van der Waals surface area contributed by atoms with Crippen molar-refractivity contribution in [1.82, 2.24) is 9.78 Å². The zero-order valence-corrected chi connectivity index (χ0v) is 10.5. The molecule has 0 radical (unpaired) electrons. The second-order valence-corrected chi connectivity index (χ2v) is 4.05. The number of ether oxygens (including phenoxy) is 1. The van der Waals surface area contributed by atoms with Crippen molar-refractivity contribution in [2.75, 3.05) is 0 Å².